The molecule has 0 unspecified atom stereocenters. The van der Waals surface area contributed by atoms with E-state index in [2.05, 4.69) is 25.7 Å². The minimum Gasteiger partial charge on any atom is -0.348 e. The van der Waals surface area contributed by atoms with Crippen LogP contribution < -0.4 is 10.6 Å². The summed E-state index contributed by atoms with van der Waals surface area (Å²) in [5.74, 6) is 0.326. The van der Waals surface area contributed by atoms with Crippen LogP contribution in [-0.4, -0.2) is 45.1 Å². The number of carbonyl (C=O) groups excluding carboxylic acids is 1. The highest BCUT2D eigenvalue weighted by molar-refractivity contribution is 5.90. The fraction of sp³-hybridized carbons (Fsp3) is 0.500. The Bertz CT molecular complexity index is 591. The van der Waals surface area contributed by atoms with E-state index in [0.717, 1.165) is 24.5 Å². The first-order valence-electron chi connectivity index (χ1n) is 6.31. The summed E-state index contributed by atoms with van der Waals surface area (Å²) < 4.78 is 1.58. The molecule has 19 heavy (non-hydrogen) atoms. The van der Waals surface area contributed by atoms with Crippen molar-refractivity contribution in [3.63, 3.8) is 0 Å². The lowest BCUT2D eigenvalue weighted by Gasteiger charge is -2.02. The minimum absolute atomic E-state index is 0.151. The van der Waals surface area contributed by atoms with Crippen LogP contribution >= 0.6 is 0 Å². The van der Waals surface area contributed by atoms with Crippen molar-refractivity contribution in [1.82, 2.24) is 30.2 Å². The molecule has 0 atom stereocenters. The van der Waals surface area contributed by atoms with Gasteiger partial charge in [-0.15, -0.1) is 5.10 Å². The first-order valence-corrected chi connectivity index (χ1v) is 6.31. The molecule has 0 saturated carbocycles. The Hall–Kier alpha value is -2.02. The highest BCUT2D eigenvalue weighted by Gasteiger charge is 2.14. The number of nitrogens with one attached hydrogen (secondary N) is 2. The molecular weight excluding hydrogens is 244 g/mol. The van der Waals surface area contributed by atoms with Crippen molar-refractivity contribution in [1.29, 1.82) is 0 Å². The van der Waals surface area contributed by atoms with E-state index in [-0.39, 0.29) is 11.7 Å². The first-order chi connectivity index (χ1) is 9.11. The molecule has 0 aromatic carbocycles. The lowest BCUT2D eigenvalue weighted by atomic mass is 10.4. The maximum atomic E-state index is 11.9. The molecule has 2 rings (SSSR count). The largest absolute Gasteiger partial charge is 0.348 e. The summed E-state index contributed by atoms with van der Waals surface area (Å²) in [5.41, 5.74) is 1.76. The molecule has 2 aromatic rings. The van der Waals surface area contributed by atoms with Crippen molar-refractivity contribution in [3.8, 4) is 0 Å². The van der Waals surface area contributed by atoms with Crippen molar-refractivity contribution in [3.05, 3.63) is 23.3 Å². The molecule has 0 aliphatic rings. The van der Waals surface area contributed by atoms with Gasteiger partial charge in [0, 0.05) is 24.5 Å². The highest BCUT2D eigenvalue weighted by Crippen LogP contribution is 2.05. The molecule has 1 amide bonds. The van der Waals surface area contributed by atoms with Gasteiger partial charge in [-0.05, 0) is 26.5 Å². The molecule has 0 bridgehead atoms. The molecule has 0 fully saturated rings. The molecule has 0 aliphatic carbocycles. The maximum Gasteiger partial charge on any atom is 0.291 e. The van der Waals surface area contributed by atoms with E-state index in [1.807, 2.05) is 26.8 Å². The predicted molar refractivity (Wildman–Crippen MR) is 71.1 cm³/mol. The Balaban J connectivity index is 2.12. The fourth-order valence-corrected chi connectivity index (χ4v) is 1.78. The van der Waals surface area contributed by atoms with E-state index in [1.165, 1.54) is 0 Å². The smallest absolute Gasteiger partial charge is 0.291 e. The third-order valence-electron chi connectivity index (χ3n) is 2.66. The second-order valence-electron chi connectivity index (χ2n) is 4.30. The Labute approximate surface area is 111 Å². The first kappa shape index (κ1) is 13.4. The van der Waals surface area contributed by atoms with Crippen molar-refractivity contribution in [2.24, 2.45) is 0 Å². The molecule has 2 N–H and O–H groups in total. The van der Waals surface area contributed by atoms with Gasteiger partial charge >= 0.3 is 0 Å². The Kier molecular flexibility index (Phi) is 4.06. The average molecular weight is 262 g/mol. The number of aryl methyl sites for hydroxylation is 2. The van der Waals surface area contributed by atoms with Gasteiger partial charge in [0.05, 0.1) is 0 Å². The number of likely N-dealkylation sites (N-methyl/N-ethyl adjacent to an activating group) is 1. The summed E-state index contributed by atoms with van der Waals surface area (Å²) >= 11 is 0. The third kappa shape index (κ3) is 3.05. The summed E-state index contributed by atoms with van der Waals surface area (Å²) in [7, 11) is 0. The summed E-state index contributed by atoms with van der Waals surface area (Å²) in [6, 6.07) is 1.90. The summed E-state index contributed by atoms with van der Waals surface area (Å²) in [6.45, 7) is 7.97. The number of hydrogen-bond donors (Lipinski definition) is 2. The van der Waals surface area contributed by atoms with Crippen LogP contribution in [0.1, 0.15) is 28.9 Å². The number of hydrogen-bond acceptors (Lipinski definition) is 5. The molecule has 2 heterocycles. The van der Waals surface area contributed by atoms with Crippen LogP contribution in [0.2, 0.25) is 0 Å². The van der Waals surface area contributed by atoms with Crippen LogP contribution in [0.5, 0.6) is 0 Å². The number of fused-ring (bicyclic) bond motifs is 1. The van der Waals surface area contributed by atoms with Gasteiger partial charge < -0.3 is 10.6 Å². The van der Waals surface area contributed by atoms with Crippen LogP contribution in [-0.2, 0) is 0 Å². The molecular formula is C12H18N6O. The van der Waals surface area contributed by atoms with Crippen LogP contribution in [0.4, 0.5) is 0 Å². The van der Waals surface area contributed by atoms with Crippen LogP contribution in [0.3, 0.4) is 0 Å². The van der Waals surface area contributed by atoms with Crippen LogP contribution in [0.15, 0.2) is 6.07 Å². The number of amides is 1. The fourth-order valence-electron chi connectivity index (χ4n) is 1.78. The van der Waals surface area contributed by atoms with E-state index in [4.69, 9.17) is 0 Å². The van der Waals surface area contributed by atoms with Crippen LogP contribution in [0, 0.1) is 13.8 Å². The number of rotatable bonds is 5. The molecule has 0 radical (unpaired) electrons. The Morgan fingerprint density at radius 2 is 2.11 bits per heavy atom. The van der Waals surface area contributed by atoms with Gasteiger partial charge in [-0.3, -0.25) is 4.79 Å². The standard InChI is InChI=1S/C12H18N6O/c1-4-13-5-6-14-11(19)10-16-12-15-8(2)7-9(3)18(12)17-10/h7,13H,4-6H2,1-3H3,(H,14,19). The van der Waals surface area contributed by atoms with Gasteiger partial charge in [0.2, 0.25) is 5.82 Å². The van der Waals surface area contributed by atoms with Gasteiger partial charge in [0.25, 0.3) is 11.7 Å². The monoisotopic (exact) mass is 262 g/mol. The second kappa shape index (κ2) is 5.75. The van der Waals surface area contributed by atoms with E-state index in [0.29, 0.717) is 12.3 Å². The van der Waals surface area contributed by atoms with E-state index in [1.54, 1.807) is 4.52 Å². The minimum atomic E-state index is -0.277. The lowest BCUT2D eigenvalue weighted by molar-refractivity contribution is 0.0944. The maximum absolute atomic E-state index is 11.9. The number of carbonyl (C=O) groups is 1. The topological polar surface area (TPSA) is 84.2 Å². The summed E-state index contributed by atoms with van der Waals surface area (Å²) in [6.07, 6.45) is 0. The molecule has 7 nitrogen and oxygen atoms in total. The van der Waals surface area contributed by atoms with Crippen molar-refractivity contribution >= 4 is 11.7 Å². The molecule has 0 spiro atoms. The molecule has 2 aromatic heterocycles. The zero-order chi connectivity index (χ0) is 13.8. The van der Waals surface area contributed by atoms with Crippen LogP contribution in [0.25, 0.3) is 5.78 Å². The second-order valence-corrected chi connectivity index (χ2v) is 4.30. The van der Waals surface area contributed by atoms with E-state index in [9.17, 15) is 4.79 Å². The molecule has 102 valence electrons. The lowest BCUT2D eigenvalue weighted by Crippen LogP contribution is -2.32. The normalized spacial score (nSPS) is 10.9. The Morgan fingerprint density at radius 1 is 1.32 bits per heavy atom. The summed E-state index contributed by atoms with van der Waals surface area (Å²) in [4.78, 5) is 20.3. The van der Waals surface area contributed by atoms with Gasteiger partial charge in [-0.1, -0.05) is 6.92 Å². The SMILES string of the molecule is CCNCCNC(=O)c1nc2nc(C)cc(C)n2n1. The van der Waals surface area contributed by atoms with E-state index >= 15 is 0 Å². The van der Waals surface area contributed by atoms with Gasteiger partial charge in [-0.2, -0.15) is 4.98 Å². The van der Waals surface area contributed by atoms with E-state index < -0.39 is 0 Å². The van der Waals surface area contributed by atoms with Gasteiger partial charge in [0.1, 0.15) is 0 Å². The van der Waals surface area contributed by atoms with Crippen molar-refractivity contribution in [2.45, 2.75) is 20.8 Å². The van der Waals surface area contributed by atoms with Crippen molar-refractivity contribution < 1.29 is 4.79 Å². The van der Waals surface area contributed by atoms with Gasteiger partial charge in [-0.25, -0.2) is 9.50 Å². The molecule has 7 heteroatoms. The number of nitrogens with zero attached hydrogens (tertiary/aromatic N) is 4. The quantitative estimate of drug-likeness (QED) is 0.746. The highest BCUT2D eigenvalue weighted by atomic mass is 16.2. The van der Waals surface area contributed by atoms with Gasteiger partial charge in [0.15, 0.2) is 0 Å². The zero-order valence-corrected chi connectivity index (χ0v) is 11.4. The number of aromatic nitrogens is 4. The molecule has 0 aliphatic heterocycles. The van der Waals surface area contributed by atoms with Crippen molar-refractivity contribution in [2.75, 3.05) is 19.6 Å². The predicted octanol–water partition coefficient (Wildman–Crippen LogP) is 0.0804. The third-order valence-corrected chi connectivity index (χ3v) is 2.66. The zero-order valence-electron chi connectivity index (χ0n) is 11.4. The molecule has 0 saturated heterocycles. The Morgan fingerprint density at radius 3 is 2.84 bits per heavy atom. The summed E-state index contributed by atoms with van der Waals surface area (Å²) in [5, 5.41) is 10.0. The average Bonchev–Trinajstić information content (AvgIpc) is 2.78.